The Hall–Kier alpha value is -1.41. The number of rotatable bonds is 2. The maximum absolute atomic E-state index is 5.66. The van der Waals surface area contributed by atoms with Gasteiger partial charge in [0.2, 0.25) is 0 Å². The van der Waals surface area contributed by atoms with E-state index < -0.39 is 7.72 Å². The Morgan fingerprint density at radius 1 is 0.750 bits per heavy atom. The fraction of sp³-hybridized carbons (Fsp3) is 0. The van der Waals surface area contributed by atoms with Crippen molar-refractivity contribution in [3.63, 3.8) is 0 Å². The average Bonchev–Trinajstić information content (AvgIpc) is 3.13. The van der Waals surface area contributed by atoms with Crippen LogP contribution in [0.3, 0.4) is 0 Å². The molecule has 0 amide bonds. The van der Waals surface area contributed by atoms with Crippen molar-refractivity contribution >= 4 is 24.0 Å². The van der Waals surface area contributed by atoms with E-state index in [9.17, 15) is 0 Å². The minimum absolute atomic E-state index is 0.751. The average molecular weight is 233 g/mol. The molecular weight excluding hydrogens is 221 g/mol. The third kappa shape index (κ3) is 1.50. The van der Waals surface area contributed by atoms with E-state index in [2.05, 4.69) is 0 Å². The van der Waals surface area contributed by atoms with Crippen LogP contribution in [0, 0.1) is 0 Å². The molecule has 1 aliphatic rings. The Morgan fingerprint density at radius 3 is 1.88 bits per heavy atom. The van der Waals surface area contributed by atoms with Crippen molar-refractivity contribution in [3.05, 3.63) is 54.6 Å². The molecule has 2 aromatic rings. The summed E-state index contributed by atoms with van der Waals surface area (Å²) in [7, 11) is -2.28. The van der Waals surface area contributed by atoms with E-state index in [4.69, 9.17) is 15.1 Å². The first-order valence-electron chi connectivity index (χ1n) is 5.10. The summed E-state index contributed by atoms with van der Waals surface area (Å²) in [6.45, 7) is 0. The van der Waals surface area contributed by atoms with Crippen LogP contribution in [-0.2, 0) is 9.35 Å². The molecule has 0 unspecified atom stereocenters. The number of benzene rings is 2. The molecule has 82 valence electrons. The molecule has 0 spiro atoms. The molecule has 1 aliphatic heterocycles. The molecular formula is C12H12NO2P. The fourth-order valence-corrected chi connectivity index (χ4v) is 4.05. The minimum atomic E-state index is -2.28. The van der Waals surface area contributed by atoms with Crippen molar-refractivity contribution in [3.8, 4) is 0 Å². The molecule has 0 aromatic heterocycles. The summed E-state index contributed by atoms with van der Waals surface area (Å²) < 4.78 is 10.6. The number of nitrogen functional groups attached to an aromatic ring is 1. The molecule has 0 bridgehead atoms. The summed E-state index contributed by atoms with van der Waals surface area (Å²) in [4.78, 5) is 0. The monoisotopic (exact) mass is 233 g/mol. The van der Waals surface area contributed by atoms with Crippen molar-refractivity contribution in [2.75, 3.05) is 5.73 Å². The van der Waals surface area contributed by atoms with Crippen LogP contribution < -0.4 is 16.3 Å². The first kappa shape index (κ1) is 9.79. The molecule has 2 aromatic carbocycles. The van der Waals surface area contributed by atoms with Crippen molar-refractivity contribution < 1.29 is 9.35 Å². The molecule has 3 rings (SSSR count). The Kier molecular flexibility index (Phi) is 2.18. The van der Waals surface area contributed by atoms with Gasteiger partial charge in [0.15, 0.2) is 0 Å². The van der Waals surface area contributed by atoms with Crippen LogP contribution in [-0.4, -0.2) is 0 Å². The Labute approximate surface area is 94.2 Å². The number of hydrogen-bond acceptors (Lipinski definition) is 3. The fourth-order valence-electron chi connectivity index (χ4n) is 1.76. The summed E-state index contributed by atoms with van der Waals surface area (Å²) >= 11 is 0. The maximum atomic E-state index is 5.66. The van der Waals surface area contributed by atoms with Gasteiger partial charge in [0.05, 0.1) is 0 Å². The van der Waals surface area contributed by atoms with E-state index in [-0.39, 0.29) is 0 Å². The van der Waals surface area contributed by atoms with Gasteiger partial charge in [-0.3, -0.25) is 0 Å². The van der Waals surface area contributed by atoms with E-state index in [1.807, 2.05) is 54.6 Å². The third-order valence-corrected chi connectivity index (χ3v) is 5.38. The molecule has 1 saturated heterocycles. The quantitative estimate of drug-likeness (QED) is 0.372. The van der Waals surface area contributed by atoms with Gasteiger partial charge in [-0.15, -0.1) is 0 Å². The van der Waals surface area contributed by atoms with E-state index in [0.717, 1.165) is 16.3 Å². The Morgan fingerprint density at radius 2 is 1.31 bits per heavy atom. The van der Waals surface area contributed by atoms with Crippen LogP contribution >= 0.6 is 7.72 Å². The number of nitrogens with two attached hydrogens (primary N) is 1. The first-order chi connectivity index (χ1) is 7.81. The van der Waals surface area contributed by atoms with Gasteiger partial charge in [0, 0.05) is 0 Å². The number of anilines is 1. The summed E-state index contributed by atoms with van der Waals surface area (Å²) in [6.07, 6.45) is 0. The Balaban J connectivity index is 2.03. The summed E-state index contributed by atoms with van der Waals surface area (Å²) in [5.41, 5.74) is 6.41. The first-order valence-corrected chi connectivity index (χ1v) is 6.91. The molecule has 3 nitrogen and oxygen atoms in total. The SMILES string of the molecule is Nc1ccc([PH]2(c3ccccc3)OO2)cc1. The molecule has 0 atom stereocenters. The van der Waals surface area contributed by atoms with Gasteiger partial charge in [0.25, 0.3) is 0 Å². The summed E-state index contributed by atoms with van der Waals surface area (Å²) in [5.74, 6) is 0. The molecule has 1 fully saturated rings. The van der Waals surface area contributed by atoms with Crippen LogP contribution in [0.15, 0.2) is 54.6 Å². The topological polar surface area (TPSA) is 51.1 Å². The van der Waals surface area contributed by atoms with Gasteiger partial charge in [0.1, 0.15) is 0 Å². The van der Waals surface area contributed by atoms with Gasteiger partial charge in [-0.2, -0.15) is 0 Å². The van der Waals surface area contributed by atoms with Crippen molar-refractivity contribution in [2.45, 2.75) is 0 Å². The number of hydrogen-bond donors (Lipinski definition) is 1. The van der Waals surface area contributed by atoms with E-state index in [0.29, 0.717) is 0 Å². The standard InChI is InChI=1S/C12H12NO2P/c13-10-6-8-12(9-7-10)16(14-15-16)11-4-2-1-3-5-11/h1-9,16H,13H2. The molecule has 0 aliphatic carbocycles. The zero-order chi connectivity index (χ0) is 11.0. The second-order valence-corrected chi connectivity index (χ2v) is 6.49. The van der Waals surface area contributed by atoms with Crippen LogP contribution in [0.2, 0.25) is 0 Å². The second kappa shape index (κ2) is 3.56. The summed E-state index contributed by atoms with van der Waals surface area (Å²) in [5, 5.41) is 2.22. The molecule has 0 radical (unpaired) electrons. The van der Waals surface area contributed by atoms with Gasteiger partial charge in [-0.1, -0.05) is 0 Å². The zero-order valence-electron chi connectivity index (χ0n) is 8.59. The summed E-state index contributed by atoms with van der Waals surface area (Å²) in [6, 6.07) is 17.7. The second-order valence-electron chi connectivity index (χ2n) is 3.77. The van der Waals surface area contributed by atoms with Crippen LogP contribution in [0.4, 0.5) is 5.69 Å². The van der Waals surface area contributed by atoms with E-state index >= 15 is 0 Å². The molecule has 1 heterocycles. The van der Waals surface area contributed by atoms with E-state index in [1.54, 1.807) is 0 Å². The van der Waals surface area contributed by atoms with Crippen molar-refractivity contribution in [2.24, 2.45) is 0 Å². The van der Waals surface area contributed by atoms with Crippen LogP contribution in [0.25, 0.3) is 0 Å². The normalized spacial score (nSPS) is 19.0. The van der Waals surface area contributed by atoms with E-state index in [1.165, 1.54) is 0 Å². The Bertz CT molecular complexity index is 494. The third-order valence-electron chi connectivity index (χ3n) is 2.69. The van der Waals surface area contributed by atoms with Gasteiger partial charge >= 0.3 is 93.7 Å². The molecule has 16 heavy (non-hydrogen) atoms. The van der Waals surface area contributed by atoms with Gasteiger partial charge in [-0.05, 0) is 0 Å². The van der Waals surface area contributed by atoms with Crippen LogP contribution in [0.1, 0.15) is 0 Å². The van der Waals surface area contributed by atoms with Gasteiger partial charge < -0.3 is 0 Å². The predicted molar refractivity (Wildman–Crippen MR) is 67.0 cm³/mol. The zero-order valence-corrected chi connectivity index (χ0v) is 9.59. The molecule has 4 heteroatoms. The molecule has 0 saturated carbocycles. The predicted octanol–water partition coefficient (Wildman–Crippen LogP) is 1.76. The van der Waals surface area contributed by atoms with Crippen molar-refractivity contribution in [1.82, 2.24) is 0 Å². The van der Waals surface area contributed by atoms with Crippen molar-refractivity contribution in [1.29, 1.82) is 0 Å². The van der Waals surface area contributed by atoms with Crippen LogP contribution in [0.5, 0.6) is 0 Å². The van der Waals surface area contributed by atoms with Gasteiger partial charge in [-0.25, -0.2) is 0 Å². The molecule has 2 N–H and O–H groups in total.